The van der Waals surface area contributed by atoms with Gasteiger partial charge in [-0.3, -0.25) is 9.69 Å². The van der Waals surface area contributed by atoms with Gasteiger partial charge in [-0.15, -0.1) is 0 Å². The van der Waals surface area contributed by atoms with Gasteiger partial charge in [-0.05, 0) is 61.3 Å². The predicted octanol–water partition coefficient (Wildman–Crippen LogP) is 3.08. The summed E-state index contributed by atoms with van der Waals surface area (Å²) in [5, 5.41) is 9.97. The molecule has 2 aliphatic heterocycles. The maximum Gasteiger partial charge on any atom is 0.236 e. The van der Waals surface area contributed by atoms with E-state index in [-0.39, 0.29) is 5.91 Å². The number of aromatic nitrogens is 1. The SMILES string of the molecule is CC1CCN(C(=O)CN2CCN(c3nc(-c4ccco4)c4c(c3C#N)CCC4)CC2)CC1. The van der Waals surface area contributed by atoms with Crippen LogP contribution >= 0.6 is 0 Å². The highest BCUT2D eigenvalue weighted by Crippen LogP contribution is 2.37. The number of hydrogen-bond donors (Lipinski definition) is 0. The lowest BCUT2D eigenvalue weighted by atomic mass is 9.99. The van der Waals surface area contributed by atoms with Crippen molar-refractivity contribution in [2.75, 3.05) is 50.7 Å². The van der Waals surface area contributed by atoms with Crippen LogP contribution in [0.2, 0.25) is 0 Å². The zero-order valence-corrected chi connectivity index (χ0v) is 18.8. The number of furan rings is 1. The summed E-state index contributed by atoms with van der Waals surface area (Å²) < 4.78 is 5.67. The number of nitriles is 1. The number of pyridine rings is 1. The lowest BCUT2D eigenvalue weighted by Gasteiger charge is -2.37. The normalized spacial score (nSPS) is 19.8. The van der Waals surface area contributed by atoms with Gasteiger partial charge in [-0.2, -0.15) is 5.26 Å². The Balaban J connectivity index is 1.30. The second-order valence-corrected chi connectivity index (χ2v) is 9.39. The Bertz CT molecular complexity index is 1010. The maximum absolute atomic E-state index is 12.7. The number of hydrogen-bond acceptors (Lipinski definition) is 6. The number of piperidine rings is 1. The fourth-order valence-electron chi connectivity index (χ4n) is 5.28. The number of rotatable bonds is 4. The molecule has 2 fully saturated rings. The van der Waals surface area contributed by atoms with Gasteiger partial charge in [-0.25, -0.2) is 4.98 Å². The molecular weight excluding hydrogens is 402 g/mol. The van der Waals surface area contributed by atoms with Gasteiger partial charge < -0.3 is 14.2 Å². The molecule has 1 amide bonds. The van der Waals surface area contributed by atoms with E-state index in [1.807, 2.05) is 17.0 Å². The molecule has 0 aromatic carbocycles. The first kappa shape index (κ1) is 21.0. The number of anilines is 1. The molecule has 0 spiro atoms. The monoisotopic (exact) mass is 433 g/mol. The summed E-state index contributed by atoms with van der Waals surface area (Å²) in [5.74, 6) is 2.52. The topological polar surface area (TPSA) is 76.6 Å². The van der Waals surface area contributed by atoms with Gasteiger partial charge in [0.25, 0.3) is 0 Å². The summed E-state index contributed by atoms with van der Waals surface area (Å²) >= 11 is 0. The molecule has 0 bridgehead atoms. The number of likely N-dealkylation sites (tertiary alicyclic amines) is 1. The van der Waals surface area contributed by atoms with E-state index in [2.05, 4.69) is 22.8 Å². The van der Waals surface area contributed by atoms with Gasteiger partial charge in [-0.1, -0.05) is 6.92 Å². The third-order valence-electron chi connectivity index (χ3n) is 7.28. The van der Waals surface area contributed by atoms with E-state index < -0.39 is 0 Å². The second kappa shape index (κ2) is 8.95. The molecule has 1 aliphatic carbocycles. The van der Waals surface area contributed by atoms with E-state index in [0.29, 0.717) is 6.54 Å². The van der Waals surface area contributed by atoms with Crippen LogP contribution in [0.4, 0.5) is 5.82 Å². The minimum Gasteiger partial charge on any atom is -0.463 e. The fourth-order valence-corrected chi connectivity index (χ4v) is 5.28. The molecule has 5 rings (SSSR count). The highest BCUT2D eigenvalue weighted by Gasteiger charge is 2.30. The van der Waals surface area contributed by atoms with E-state index in [0.717, 1.165) is 106 Å². The molecule has 2 saturated heterocycles. The van der Waals surface area contributed by atoms with Gasteiger partial charge >= 0.3 is 0 Å². The first-order valence-electron chi connectivity index (χ1n) is 11.9. The van der Waals surface area contributed by atoms with Crippen LogP contribution in [0.15, 0.2) is 22.8 Å². The smallest absolute Gasteiger partial charge is 0.236 e. The number of carbonyl (C=O) groups is 1. The number of nitrogens with zero attached hydrogens (tertiary/aromatic N) is 5. The Kier molecular flexibility index (Phi) is 5.88. The molecule has 2 aromatic heterocycles. The third-order valence-corrected chi connectivity index (χ3v) is 7.28. The van der Waals surface area contributed by atoms with Crippen LogP contribution in [0, 0.1) is 17.2 Å². The van der Waals surface area contributed by atoms with Gasteiger partial charge in [0.05, 0.1) is 18.4 Å². The fraction of sp³-hybridized carbons (Fsp3) is 0.560. The van der Waals surface area contributed by atoms with Crippen LogP contribution in [-0.4, -0.2) is 66.5 Å². The molecule has 32 heavy (non-hydrogen) atoms. The van der Waals surface area contributed by atoms with E-state index in [9.17, 15) is 10.1 Å². The highest BCUT2D eigenvalue weighted by atomic mass is 16.3. The molecule has 168 valence electrons. The molecular formula is C25H31N5O2. The molecule has 3 aliphatic rings. The van der Waals surface area contributed by atoms with Crippen molar-refractivity contribution < 1.29 is 9.21 Å². The Hall–Kier alpha value is -2.85. The molecule has 0 N–H and O–H groups in total. The first-order valence-corrected chi connectivity index (χ1v) is 11.9. The zero-order chi connectivity index (χ0) is 22.1. The van der Waals surface area contributed by atoms with Crippen LogP contribution in [0.1, 0.15) is 42.9 Å². The van der Waals surface area contributed by atoms with Crippen molar-refractivity contribution >= 4 is 11.7 Å². The van der Waals surface area contributed by atoms with Crippen molar-refractivity contribution in [1.82, 2.24) is 14.8 Å². The summed E-state index contributed by atoms with van der Waals surface area (Å²) in [7, 11) is 0. The standard InChI is InChI=1S/C25H31N5O2/c1-18-7-9-29(10-8-18)23(31)17-28-11-13-30(14-12-28)25-21(16-26)19-4-2-5-20(19)24(27-25)22-6-3-15-32-22/h3,6,15,18H,2,4-5,7-14,17H2,1H3. The minimum absolute atomic E-state index is 0.249. The highest BCUT2D eigenvalue weighted by molar-refractivity contribution is 5.78. The van der Waals surface area contributed by atoms with Crippen LogP contribution in [-0.2, 0) is 17.6 Å². The van der Waals surface area contributed by atoms with E-state index in [1.165, 1.54) is 5.56 Å². The van der Waals surface area contributed by atoms with E-state index in [4.69, 9.17) is 9.40 Å². The Morgan fingerprint density at radius 3 is 2.59 bits per heavy atom. The largest absolute Gasteiger partial charge is 0.463 e. The van der Waals surface area contributed by atoms with Crippen molar-refractivity contribution in [3.05, 3.63) is 35.1 Å². The molecule has 0 unspecified atom stereocenters. The van der Waals surface area contributed by atoms with Crippen LogP contribution in [0.3, 0.4) is 0 Å². The van der Waals surface area contributed by atoms with Gasteiger partial charge in [0.2, 0.25) is 5.91 Å². The predicted molar refractivity (Wildman–Crippen MR) is 122 cm³/mol. The molecule has 0 atom stereocenters. The maximum atomic E-state index is 12.7. The van der Waals surface area contributed by atoms with E-state index >= 15 is 0 Å². The Morgan fingerprint density at radius 2 is 1.91 bits per heavy atom. The summed E-state index contributed by atoms with van der Waals surface area (Å²) in [4.78, 5) is 24.2. The zero-order valence-electron chi connectivity index (χ0n) is 18.8. The number of piperazine rings is 1. The third kappa shape index (κ3) is 4.00. The summed E-state index contributed by atoms with van der Waals surface area (Å²) in [6, 6.07) is 6.28. The van der Waals surface area contributed by atoms with Crippen LogP contribution in [0.5, 0.6) is 0 Å². The van der Waals surface area contributed by atoms with Crippen molar-refractivity contribution in [3.8, 4) is 17.5 Å². The molecule has 4 heterocycles. The van der Waals surface area contributed by atoms with Gasteiger partial charge in [0, 0.05) is 39.3 Å². The van der Waals surface area contributed by atoms with Crippen molar-refractivity contribution in [2.24, 2.45) is 5.92 Å². The molecule has 7 heteroatoms. The minimum atomic E-state index is 0.249. The van der Waals surface area contributed by atoms with Crippen LogP contribution in [0.25, 0.3) is 11.5 Å². The van der Waals surface area contributed by atoms with Gasteiger partial charge in [0.1, 0.15) is 17.6 Å². The van der Waals surface area contributed by atoms with Gasteiger partial charge in [0.15, 0.2) is 5.76 Å². The summed E-state index contributed by atoms with van der Waals surface area (Å²) in [5.41, 5.74) is 3.91. The first-order chi connectivity index (χ1) is 15.6. The second-order valence-electron chi connectivity index (χ2n) is 9.39. The summed E-state index contributed by atoms with van der Waals surface area (Å²) in [6.07, 6.45) is 6.81. The Labute approximate surface area is 189 Å². The average molecular weight is 434 g/mol. The molecule has 0 radical (unpaired) electrons. The van der Waals surface area contributed by atoms with Crippen molar-refractivity contribution in [2.45, 2.75) is 39.0 Å². The molecule has 7 nitrogen and oxygen atoms in total. The quantitative estimate of drug-likeness (QED) is 0.738. The lowest BCUT2D eigenvalue weighted by Crippen LogP contribution is -2.51. The summed E-state index contributed by atoms with van der Waals surface area (Å²) in [6.45, 7) is 7.67. The van der Waals surface area contributed by atoms with E-state index in [1.54, 1.807) is 6.26 Å². The van der Waals surface area contributed by atoms with Crippen molar-refractivity contribution in [1.29, 1.82) is 5.26 Å². The molecule has 2 aromatic rings. The number of fused-ring (bicyclic) bond motifs is 1. The number of amides is 1. The molecule has 0 saturated carbocycles. The average Bonchev–Trinajstić information content (AvgIpc) is 3.51. The Morgan fingerprint density at radius 1 is 1.16 bits per heavy atom. The lowest BCUT2D eigenvalue weighted by molar-refractivity contribution is -0.133. The van der Waals surface area contributed by atoms with Crippen LogP contribution < -0.4 is 4.90 Å². The number of carbonyl (C=O) groups excluding carboxylic acids is 1. The van der Waals surface area contributed by atoms with Crippen molar-refractivity contribution in [3.63, 3.8) is 0 Å².